The van der Waals surface area contributed by atoms with E-state index in [0.717, 1.165) is 12.8 Å². The first-order chi connectivity index (χ1) is 6.62. The molecule has 0 rings (SSSR count). The molecule has 0 aliphatic heterocycles. The Hall–Kier alpha value is 0.137. The third-order valence-electron chi connectivity index (χ3n) is 3.41. The molecule has 15 heavy (non-hydrogen) atoms. The van der Waals surface area contributed by atoms with E-state index in [0.29, 0.717) is 0 Å². The second-order valence-corrected chi connectivity index (χ2v) is 10.7. The smallest absolute Gasteiger partial charge is 0.192 e. The van der Waals surface area contributed by atoms with Crippen LogP contribution in [-0.2, 0) is 4.43 Å². The molecule has 0 amide bonds. The molecule has 0 heterocycles. The van der Waals surface area contributed by atoms with E-state index in [4.69, 9.17) is 4.43 Å². The average Bonchev–Trinajstić information content (AvgIpc) is 2.01. The third kappa shape index (κ3) is 4.66. The molecular formula is C12H28O2Si. The van der Waals surface area contributed by atoms with Crippen molar-refractivity contribution in [3.05, 3.63) is 0 Å². The molecule has 0 saturated carbocycles. The van der Waals surface area contributed by atoms with Gasteiger partial charge in [0.2, 0.25) is 0 Å². The fraction of sp³-hybridized carbons (Fsp3) is 1.00. The van der Waals surface area contributed by atoms with Gasteiger partial charge in [-0.15, -0.1) is 0 Å². The Morgan fingerprint density at radius 3 is 2.07 bits per heavy atom. The van der Waals surface area contributed by atoms with Crippen molar-refractivity contribution in [3.63, 3.8) is 0 Å². The van der Waals surface area contributed by atoms with Crippen LogP contribution in [0.5, 0.6) is 0 Å². The van der Waals surface area contributed by atoms with Crippen LogP contribution in [0.2, 0.25) is 18.1 Å². The molecule has 0 aromatic heterocycles. The quantitative estimate of drug-likeness (QED) is 0.735. The molecule has 92 valence electrons. The first kappa shape index (κ1) is 15.1. The highest BCUT2D eigenvalue weighted by molar-refractivity contribution is 6.74. The molecule has 0 unspecified atom stereocenters. The minimum Gasteiger partial charge on any atom is -0.412 e. The molecular weight excluding hydrogens is 204 g/mol. The van der Waals surface area contributed by atoms with E-state index >= 15 is 0 Å². The number of aliphatic hydroxyl groups is 1. The second-order valence-electron chi connectivity index (χ2n) is 5.94. The summed E-state index contributed by atoms with van der Waals surface area (Å²) in [6, 6.07) is 0. The van der Waals surface area contributed by atoms with Crippen LogP contribution >= 0.6 is 0 Å². The molecule has 3 heteroatoms. The van der Waals surface area contributed by atoms with E-state index in [-0.39, 0.29) is 17.2 Å². The van der Waals surface area contributed by atoms with Gasteiger partial charge in [0.25, 0.3) is 0 Å². The number of rotatable bonds is 5. The van der Waals surface area contributed by atoms with Crippen molar-refractivity contribution in [1.29, 1.82) is 0 Å². The monoisotopic (exact) mass is 232 g/mol. The van der Waals surface area contributed by atoms with Gasteiger partial charge < -0.3 is 9.53 Å². The predicted octanol–water partition coefficient (Wildman–Crippen LogP) is 3.56. The molecule has 2 atom stereocenters. The van der Waals surface area contributed by atoms with Crippen LogP contribution < -0.4 is 0 Å². The first-order valence-electron chi connectivity index (χ1n) is 5.97. The number of hydrogen-bond donors (Lipinski definition) is 1. The SMILES string of the molecule is CCC[C@H](O)[C@H](C)O[Si](C)(C)C(C)(C)C. The van der Waals surface area contributed by atoms with E-state index < -0.39 is 8.32 Å². The molecule has 0 aromatic rings. The summed E-state index contributed by atoms with van der Waals surface area (Å²) in [6.45, 7) is 15.2. The predicted molar refractivity (Wildman–Crippen MR) is 68.7 cm³/mol. The van der Waals surface area contributed by atoms with Gasteiger partial charge in [0.15, 0.2) is 8.32 Å². The van der Waals surface area contributed by atoms with E-state index in [1.807, 2.05) is 6.92 Å². The molecule has 0 aliphatic carbocycles. The molecule has 2 nitrogen and oxygen atoms in total. The van der Waals surface area contributed by atoms with Gasteiger partial charge in [-0.3, -0.25) is 0 Å². The third-order valence-corrected chi connectivity index (χ3v) is 7.99. The van der Waals surface area contributed by atoms with Crippen molar-refractivity contribution in [1.82, 2.24) is 0 Å². The Kier molecular flexibility index (Phi) is 5.51. The van der Waals surface area contributed by atoms with Crippen LogP contribution in [0.3, 0.4) is 0 Å². The minimum absolute atomic E-state index is 0.0363. The van der Waals surface area contributed by atoms with Gasteiger partial charge in [-0.2, -0.15) is 0 Å². The molecule has 0 saturated heterocycles. The average molecular weight is 232 g/mol. The van der Waals surface area contributed by atoms with Crippen LogP contribution in [0, 0.1) is 0 Å². The van der Waals surface area contributed by atoms with Gasteiger partial charge in [0.1, 0.15) is 0 Å². The second kappa shape index (κ2) is 5.46. The lowest BCUT2D eigenvalue weighted by atomic mass is 10.1. The van der Waals surface area contributed by atoms with Gasteiger partial charge in [-0.25, -0.2) is 0 Å². The lowest BCUT2D eigenvalue weighted by Crippen LogP contribution is -2.46. The maximum absolute atomic E-state index is 9.84. The zero-order valence-corrected chi connectivity index (χ0v) is 12.4. The van der Waals surface area contributed by atoms with Crippen molar-refractivity contribution in [2.75, 3.05) is 0 Å². The molecule has 1 N–H and O–H groups in total. The summed E-state index contributed by atoms with van der Waals surface area (Å²) < 4.78 is 6.11. The van der Waals surface area contributed by atoms with Gasteiger partial charge in [0.05, 0.1) is 12.2 Å². The van der Waals surface area contributed by atoms with Crippen LogP contribution in [0.1, 0.15) is 47.5 Å². The molecule has 0 radical (unpaired) electrons. The summed E-state index contributed by atoms with van der Waals surface area (Å²) in [5.74, 6) is 0. The standard InChI is InChI=1S/C12H28O2Si/c1-8-9-11(13)10(2)14-15(6,7)12(3,4)5/h10-11,13H,8-9H2,1-7H3/t10-,11-/m0/s1. The fourth-order valence-electron chi connectivity index (χ4n) is 1.25. The van der Waals surface area contributed by atoms with Gasteiger partial charge >= 0.3 is 0 Å². The Bertz CT molecular complexity index is 185. The Labute approximate surface area is 96.2 Å². The Morgan fingerprint density at radius 2 is 1.73 bits per heavy atom. The highest BCUT2D eigenvalue weighted by Crippen LogP contribution is 2.37. The molecule has 0 aromatic carbocycles. The summed E-state index contributed by atoms with van der Waals surface area (Å²) in [4.78, 5) is 0. The summed E-state index contributed by atoms with van der Waals surface area (Å²) >= 11 is 0. The Balaban J connectivity index is 4.33. The normalized spacial score (nSPS) is 17.6. The summed E-state index contributed by atoms with van der Waals surface area (Å²) in [5, 5.41) is 10.1. The van der Waals surface area contributed by atoms with E-state index in [1.54, 1.807) is 0 Å². The minimum atomic E-state index is -1.72. The van der Waals surface area contributed by atoms with E-state index in [2.05, 4.69) is 40.8 Å². The van der Waals surface area contributed by atoms with Crippen molar-refractivity contribution < 1.29 is 9.53 Å². The molecule has 0 bridgehead atoms. The maximum atomic E-state index is 9.84. The largest absolute Gasteiger partial charge is 0.412 e. The summed E-state index contributed by atoms with van der Waals surface area (Å²) in [5.41, 5.74) is 0. The van der Waals surface area contributed by atoms with E-state index in [1.165, 1.54) is 0 Å². The van der Waals surface area contributed by atoms with Crippen molar-refractivity contribution in [2.45, 2.75) is 77.8 Å². The topological polar surface area (TPSA) is 29.5 Å². The van der Waals surface area contributed by atoms with Crippen molar-refractivity contribution in [2.24, 2.45) is 0 Å². The zero-order valence-electron chi connectivity index (χ0n) is 11.4. The van der Waals surface area contributed by atoms with Gasteiger partial charge in [-0.05, 0) is 31.5 Å². The van der Waals surface area contributed by atoms with Crippen LogP contribution in [-0.4, -0.2) is 25.6 Å². The van der Waals surface area contributed by atoms with Gasteiger partial charge in [0, 0.05) is 0 Å². The van der Waals surface area contributed by atoms with Crippen LogP contribution in [0.15, 0.2) is 0 Å². The highest BCUT2D eigenvalue weighted by Gasteiger charge is 2.39. The molecule has 0 spiro atoms. The zero-order chi connectivity index (χ0) is 12.3. The lowest BCUT2D eigenvalue weighted by molar-refractivity contribution is 0.0330. The molecule has 0 fully saturated rings. The summed E-state index contributed by atoms with van der Waals surface area (Å²) in [7, 11) is -1.72. The Morgan fingerprint density at radius 1 is 1.27 bits per heavy atom. The van der Waals surface area contributed by atoms with Crippen LogP contribution in [0.4, 0.5) is 0 Å². The van der Waals surface area contributed by atoms with Crippen molar-refractivity contribution >= 4 is 8.32 Å². The number of aliphatic hydroxyl groups excluding tert-OH is 1. The fourth-order valence-corrected chi connectivity index (χ4v) is 2.69. The first-order valence-corrected chi connectivity index (χ1v) is 8.88. The summed E-state index contributed by atoms with van der Waals surface area (Å²) in [6.07, 6.45) is 1.48. The lowest BCUT2D eigenvalue weighted by Gasteiger charge is -2.39. The van der Waals surface area contributed by atoms with E-state index in [9.17, 15) is 5.11 Å². The van der Waals surface area contributed by atoms with Crippen molar-refractivity contribution in [3.8, 4) is 0 Å². The maximum Gasteiger partial charge on any atom is 0.192 e. The highest BCUT2D eigenvalue weighted by atomic mass is 28.4. The number of hydrogen-bond acceptors (Lipinski definition) is 2. The van der Waals surface area contributed by atoms with Crippen LogP contribution in [0.25, 0.3) is 0 Å². The van der Waals surface area contributed by atoms with Gasteiger partial charge in [-0.1, -0.05) is 34.1 Å². The molecule has 0 aliphatic rings.